The summed E-state index contributed by atoms with van der Waals surface area (Å²) >= 11 is 0. The Balaban J connectivity index is 1.40. The molecule has 1 unspecified atom stereocenters. The van der Waals surface area contributed by atoms with Crippen LogP contribution in [0.15, 0.2) is 22.8 Å². The number of rotatable bonds is 0. The maximum Gasteiger partial charge on any atom is 0.163 e. The van der Waals surface area contributed by atoms with Crippen molar-refractivity contribution in [3.05, 3.63) is 22.8 Å². The maximum absolute atomic E-state index is 14.1. The van der Waals surface area contributed by atoms with Crippen molar-refractivity contribution < 1.29 is 14.3 Å². The van der Waals surface area contributed by atoms with Crippen molar-refractivity contribution in [1.82, 2.24) is 5.32 Å². The first-order chi connectivity index (χ1) is 14.8. The highest BCUT2D eigenvalue weighted by molar-refractivity contribution is 6.03. The normalized spacial score (nSPS) is 51.4. The van der Waals surface area contributed by atoms with E-state index in [1.54, 1.807) is 0 Å². The Morgan fingerprint density at radius 3 is 2.74 bits per heavy atom. The third kappa shape index (κ3) is 2.55. The molecular weight excluding hydrogens is 386 g/mol. The van der Waals surface area contributed by atoms with Crippen molar-refractivity contribution in [3.8, 4) is 0 Å². The van der Waals surface area contributed by atoms with E-state index in [0.29, 0.717) is 41.9 Å². The van der Waals surface area contributed by atoms with Gasteiger partial charge in [-0.15, -0.1) is 0 Å². The van der Waals surface area contributed by atoms with Gasteiger partial charge in [-0.05, 0) is 86.8 Å². The minimum atomic E-state index is -0.274. The molecule has 4 aliphatic carbocycles. The number of piperidine rings is 1. The Bertz CT molecular complexity index is 917. The molecule has 6 aliphatic rings. The molecule has 1 spiro atoms. The van der Waals surface area contributed by atoms with E-state index in [-0.39, 0.29) is 28.8 Å². The van der Waals surface area contributed by atoms with Crippen LogP contribution < -0.4 is 5.32 Å². The van der Waals surface area contributed by atoms with Gasteiger partial charge >= 0.3 is 0 Å². The standard InChI is InChI=1S/C27H37NO3/c1-14-11-21-24(28-13-14)16(3)27(31-21)10-8-19-20-6-5-17-12-18(29)7-9-26(17,4)23(20)25(30)22(19)15(27)2/h12,14,16,19-21,23-24,28H,5-11,13H2,1-4H3/t14-,16?,19-,20-,21+,23+,24-,26-,27-/m0/s1. The van der Waals surface area contributed by atoms with Gasteiger partial charge in [0.05, 0.1) is 11.7 Å². The first kappa shape index (κ1) is 20.4. The number of ether oxygens (including phenoxy) is 1. The zero-order valence-electron chi connectivity index (χ0n) is 19.5. The molecule has 0 bridgehead atoms. The van der Waals surface area contributed by atoms with Crippen LogP contribution >= 0.6 is 0 Å². The lowest BCUT2D eigenvalue weighted by atomic mass is 9.56. The number of fused-ring (bicyclic) bond motifs is 6. The highest BCUT2D eigenvalue weighted by Gasteiger charge is 2.63. The number of carbonyl (C=O) groups is 2. The molecule has 0 aromatic rings. The van der Waals surface area contributed by atoms with Crippen LogP contribution in [0.4, 0.5) is 0 Å². The molecule has 2 heterocycles. The zero-order valence-corrected chi connectivity index (χ0v) is 19.5. The Morgan fingerprint density at radius 2 is 1.94 bits per heavy atom. The molecule has 0 radical (unpaired) electrons. The van der Waals surface area contributed by atoms with Crippen molar-refractivity contribution in [2.24, 2.45) is 35.0 Å². The van der Waals surface area contributed by atoms with Crippen LogP contribution in [0.3, 0.4) is 0 Å². The smallest absolute Gasteiger partial charge is 0.163 e. The molecule has 0 aromatic carbocycles. The Morgan fingerprint density at radius 1 is 1.13 bits per heavy atom. The van der Waals surface area contributed by atoms with Gasteiger partial charge in [0, 0.05) is 29.9 Å². The summed E-state index contributed by atoms with van der Waals surface area (Å²) in [6.07, 6.45) is 8.88. The van der Waals surface area contributed by atoms with E-state index in [1.165, 1.54) is 11.1 Å². The van der Waals surface area contributed by atoms with Crippen LogP contribution in [0.2, 0.25) is 0 Å². The van der Waals surface area contributed by atoms with Crippen molar-refractivity contribution in [1.29, 1.82) is 0 Å². The molecule has 31 heavy (non-hydrogen) atoms. The predicted octanol–water partition coefficient (Wildman–Crippen LogP) is 4.39. The monoisotopic (exact) mass is 423 g/mol. The van der Waals surface area contributed by atoms with Gasteiger partial charge in [-0.1, -0.05) is 26.3 Å². The van der Waals surface area contributed by atoms with E-state index in [1.807, 2.05) is 6.08 Å². The second-order valence-electron chi connectivity index (χ2n) is 11.9. The number of carbonyl (C=O) groups excluding carboxylic acids is 2. The Hall–Kier alpha value is -1.26. The van der Waals surface area contributed by atoms with Crippen molar-refractivity contribution >= 4 is 11.6 Å². The molecule has 1 N–H and O–H groups in total. The van der Waals surface area contributed by atoms with Gasteiger partial charge in [-0.25, -0.2) is 0 Å². The van der Waals surface area contributed by atoms with Crippen LogP contribution in [0, 0.1) is 35.0 Å². The maximum atomic E-state index is 14.1. The summed E-state index contributed by atoms with van der Waals surface area (Å²) in [6.45, 7) is 10.2. The fourth-order valence-corrected chi connectivity index (χ4v) is 8.84. The summed E-state index contributed by atoms with van der Waals surface area (Å²) in [4.78, 5) is 26.2. The predicted molar refractivity (Wildman–Crippen MR) is 119 cm³/mol. The highest BCUT2D eigenvalue weighted by Crippen LogP contribution is 2.64. The van der Waals surface area contributed by atoms with Crippen LogP contribution in [-0.2, 0) is 14.3 Å². The van der Waals surface area contributed by atoms with E-state index in [4.69, 9.17) is 4.74 Å². The number of allylic oxidation sites excluding steroid dienone is 3. The summed E-state index contributed by atoms with van der Waals surface area (Å²) in [5, 5.41) is 3.77. The SMILES string of the molecule is CC1=C2C(=O)[C@H]3[C@@H](CCC4=CC(=O)CC[C@@]43C)[C@@H]2CC[C@]12O[C@@H]1C[C@H](C)CN[C@H]1C2C. The van der Waals surface area contributed by atoms with Crippen molar-refractivity contribution in [2.75, 3.05) is 6.54 Å². The van der Waals surface area contributed by atoms with E-state index < -0.39 is 0 Å². The Kier molecular flexibility index (Phi) is 4.36. The molecule has 4 heteroatoms. The van der Waals surface area contributed by atoms with Crippen LogP contribution in [-0.4, -0.2) is 35.9 Å². The zero-order chi connectivity index (χ0) is 21.7. The van der Waals surface area contributed by atoms with Gasteiger partial charge in [0.2, 0.25) is 0 Å². The fourth-order valence-electron chi connectivity index (χ4n) is 8.84. The molecule has 0 amide bonds. The van der Waals surface area contributed by atoms with E-state index in [0.717, 1.165) is 50.6 Å². The van der Waals surface area contributed by atoms with Crippen LogP contribution in [0.1, 0.15) is 72.6 Å². The third-order valence-corrected chi connectivity index (χ3v) is 10.5. The first-order valence-corrected chi connectivity index (χ1v) is 12.7. The van der Waals surface area contributed by atoms with Crippen LogP contribution in [0.25, 0.3) is 0 Å². The number of hydrogen-bond acceptors (Lipinski definition) is 4. The van der Waals surface area contributed by atoms with Gasteiger partial charge in [-0.2, -0.15) is 0 Å². The van der Waals surface area contributed by atoms with Gasteiger partial charge in [0.1, 0.15) is 0 Å². The molecular formula is C27H37NO3. The summed E-state index contributed by atoms with van der Waals surface area (Å²) < 4.78 is 6.92. The van der Waals surface area contributed by atoms with Gasteiger partial charge in [0.15, 0.2) is 11.6 Å². The minimum Gasteiger partial charge on any atom is -0.365 e. The lowest BCUT2D eigenvalue weighted by Gasteiger charge is -2.47. The molecule has 168 valence electrons. The summed E-state index contributed by atoms with van der Waals surface area (Å²) in [6, 6.07) is 0.401. The molecule has 2 aliphatic heterocycles. The molecule has 4 fully saturated rings. The summed E-state index contributed by atoms with van der Waals surface area (Å²) in [5.41, 5.74) is 3.22. The topological polar surface area (TPSA) is 55.4 Å². The van der Waals surface area contributed by atoms with Gasteiger partial charge < -0.3 is 10.1 Å². The van der Waals surface area contributed by atoms with E-state index in [9.17, 15) is 9.59 Å². The first-order valence-electron chi connectivity index (χ1n) is 12.7. The molecule has 2 saturated carbocycles. The number of ketones is 2. The third-order valence-electron chi connectivity index (χ3n) is 10.5. The largest absolute Gasteiger partial charge is 0.365 e. The average Bonchev–Trinajstić information content (AvgIpc) is 3.18. The van der Waals surface area contributed by atoms with Gasteiger partial charge in [0.25, 0.3) is 0 Å². The lowest BCUT2D eigenvalue weighted by molar-refractivity contribution is -0.125. The lowest BCUT2D eigenvalue weighted by Crippen LogP contribution is -2.49. The van der Waals surface area contributed by atoms with Crippen molar-refractivity contribution in [2.45, 2.75) is 90.4 Å². The molecule has 9 atom stereocenters. The molecule has 0 aromatic heterocycles. The second kappa shape index (κ2) is 6.63. The fraction of sp³-hybridized carbons (Fsp3) is 0.778. The number of nitrogens with one attached hydrogen (secondary N) is 1. The van der Waals surface area contributed by atoms with Crippen molar-refractivity contribution in [3.63, 3.8) is 0 Å². The second-order valence-corrected chi connectivity index (χ2v) is 11.9. The molecule has 6 rings (SSSR count). The van der Waals surface area contributed by atoms with Crippen LogP contribution in [0.5, 0.6) is 0 Å². The summed E-state index contributed by atoms with van der Waals surface area (Å²) in [5.74, 6) is 2.58. The van der Waals surface area contributed by atoms with E-state index in [2.05, 4.69) is 33.0 Å². The van der Waals surface area contributed by atoms with E-state index >= 15 is 0 Å². The Labute approximate surface area is 186 Å². The quantitative estimate of drug-likeness (QED) is 0.628. The molecule has 2 saturated heterocycles. The highest BCUT2D eigenvalue weighted by atomic mass is 16.5. The van der Waals surface area contributed by atoms with Gasteiger partial charge in [-0.3, -0.25) is 9.59 Å². The average molecular weight is 424 g/mol. The number of Topliss-reactive ketones (excluding diaryl/α,β-unsaturated/α-hetero) is 1. The minimum absolute atomic E-state index is 0.0582. The molecule has 4 nitrogen and oxygen atoms in total. The summed E-state index contributed by atoms with van der Waals surface area (Å²) in [7, 11) is 0. The number of hydrogen-bond donors (Lipinski definition) is 1.